The number of hydrogen-bond acceptors (Lipinski definition) is 5. The Hall–Kier alpha value is -4.68. The zero-order valence-corrected chi connectivity index (χ0v) is 26.0. The minimum Gasteiger partial charge on any atom is -0.385 e. The van der Waals surface area contributed by atoms with Gasteiger partial charge in [0, 0.05) is 69.2 Å². The van der Waals surface area contributed by atoms with Crippen molar-refractivity contribution in [3.63, 3.8) is 0 Å². The fourth-order valence-corrected chi connectivity index (χ4v) is 10.3. The zero-order valence-electron chi connectivity index (χ0n) is 23.5. The molecule has 0 saturated carbocycles. The highest BCUT2D eigenvalue weighted by atomic mass is 32.1. The fraction of sp³-hybridized carbons (Fsp3) is 0.0256. The van der Waals surface area contributed by atoms with Gasteiger partial charge in [0.15, 0.2) is 0 Å². The minimum atomic E-state index is 0.828. The molecule has 0 spiro atoms. The maximum absolute atomic E-state index is 3.67. The van der Waals surface area contributed by atoms with Crippen molar-refractivity contribution in [2.45, 2.75) is 6.54 Å². The number of anilines is 2. The van der Waals surface area contributed by atoms with Gasteiger partial charge in [-0.2, -0.15) is 0 Å². The molecule has 5 heteroatoms. The predicted molar refractivity (Wildman–Crippen MR) is 195 cm³/mol. The number of nitrogens with one attached hydrogen (secondary N) is 1. The monoisotopic (exact) mass is 616 g/mol. The summed E-state index contributed by atoms with van der Waals surface area (Å²) in [7, 11) is 0. The molecule has 0 amide bonds. The van der Waals surface area contributed by atoms with E-state index in [1.165, 1.54) is 88.7 Å². The van der Waals surface area contributed by atoms with E-state index in [0.29, 0.717) is 0 Å². The second kappa shape index (κ2) is 9.41. The highest BCUT2D eigenvalue weighted by molar-refractivity contribution is 7.26. The topological polar surface area (TPSA) is 15.3 Å². The summed E-state index contributed by atoms with van der Waals surface area (Å²) >= 11 is 5.65. The molecule has 9 aromatic rings. The fourth-order valence-electron chi connectivity index (χ4n) is 6.83. The van der Waals surface area contributed by atoms with Crippen LogP contribution in [0.1, 0.15) is 10.4 Å². The lowest BCUT2D eigenvalue weighted by molar-refractivity contribution is 0.861. The van der Waals surface area contributed by atoms with E-state index in [0.717, 1.165) is 6.54 Å². The van der Waals surface area contributed by atoms with Crippen molar-refractivity contribution >= 4 is 112 Å². The van der Waals surface area contributed by atoms with E-state index < -0.39 is 0 Å². The smallest absolute Gasteiger partial charge is 0.0795 e. The van der Waals surface area contributed by atoms with Crippen LogP contribution in [-0.4, -0.2) is 0 Å². The van der Waals surface area contributed by atoms with Gasteiger partial charge in [-0.05, 0) is 76.3 Å². The molecule has 0 aliphatic carbocycles. The van der Waals surface area contributed by atoms with Crippen molar-refractivity contribution < 1.29 is 0 Å². The lowest BCUT2D eigenvalue weighted by atomic mass is 10.0. The van der Waals surface area contributed by atoms with Crippen LogP contribution in [0, 0.1) is 0 Å². The number of rotatable bonds is 3. The first-order chi connectivity index (χ1) is 21.8. The third kappa shape index (κ3) is 3.64. The van der Waals surface area contributed by atoms with E-state index in [2.05, 4.69) is 138 Å². The van der Waals surface area contributed by atoms with Gasteiger partial charge in [-0.25, -0.2) is 0 Å². The Morgan fingerprint density at radius 3 is 1.93 bits per heavy atom. The molecule has 1 aliphatic rings. The second-order valence-electron chi connectivity index (χ2n) is 11.4. The Balaban J connectivity index is 1.22. The molecule has 0 saturated heterocycles. The summed E-state index contributed by atoms with van der Waals surface area (Å²) < 4.78 is 6.62. The number of thiophene rings is 3. The molecule has 0 atom stereocenters. The summed E-state index contributed by atoms with van der Waals surface area (Å²) in [4.78, 5) is 3.80. The zero-order chi connectivity index (χ0) is 28.8. The lowest BCUT2D eigenvalue weighted by Crippen LogP contribution is -2.22. The largest absolute Gasteiger partial charge is 0.385 e. The van der Waals surface area contributed by atoms with Crippen LogP contribution in [0.4, 0.5) is 11.4 Å². The van der Waals surface area contributed by atoms with Crippen LogP contribution in [0.2, 0.25) is 0 Å². The van der Waals surface area contributed by atoms with Gasteiger partial charge in [0.05, 0.1) is 10.6 Å². The highest BCUT2D eigenvalue weighted by Gasteiger charge is 2.26. The second-order valence-corrected chi connectivity index (χ2v) is 14.6. The van der Waals surface area contributed by atoms with Crippen LogP contribution in [0.15, 0.2) is 128 Å². The van der Waals surface area contributed by atoms with Crippen molar-refractivity contribution in [2.75, 3.05) is 4.90 Å². The van der Waals surface area contributed by atoms with Crippen LogP contribution in [0.25, 0.3) is 66.9 Å². The quantitative estimate of drug-likeness (QED) is 0.212. The molecular weight excluding hydrogens is 593 g/mol. The Morgan fingerprint density at radius 2 is 1.09 bits per heavy atom. The van der Waals surface area contributed by atoms with Crippen molar-refractivity contribution in [3.05, 3.63) is 138 Å². The number of hydrogen-bond donors (Lipinski definition) is 1. The van der Waals surface area contributed by atoms with Crippen LogP contribution >= 0.6 is 34.0 Å². The Morgan fingerprint density at radius 1 is 0.477 bits per heavy atom. The molecule has 0 bridgehead atoms. The molecule has 208 valence electrons. The van der Waals surface area contributed by atoms with Crippen LogP contribution in [-0.2, 0) is 6.54 Å². The van der Waals surface area contributed by atoms with Gasteiger partial charge in [-0.3, -0.25) is 0 Å². The first-order valence-electron chi connectivity index (χ1n) is 14.8. The van der Waals surface area contributed by atoms with Gasteiger partial charge >= 0.3 is 0 Å². The summed E-state index contributed by atoms with van der Waals surface area (Å²) in [5, 5.41) is 12.9. The third-order valence-electron chi connectivity index (χ3n) is 8.89. The average Bonchev–Trinajstić information content (AvgIpc) is 3.74. The molecular formula is C39H24N2S3. The van der Waals surface area contributed by atoms with E-state index >= 15 is 0 Å². The normalized spacial score (nSPS) is 13.2. The van der Waals surface area contributed by atoms with Crippen LogP contribution < -0.4 is 10.2 Å². The van der Waals surface area contributed by atoms with E-state index in [1.807, 2.05) is 34.0 Å². The maximum atomic E-state index is 3.67. The third-order valence-corrected chi connectivity index (χ3v) is 12.4. The molecule has 10 rings (SSSR count). The number of fused-ring (bicyclic) bond motifs is 10. The minimum absolute atomic E-state index is 0.828. The van der Waals surface area contributed by atoms with Crippen molar-refractivity contribution in [1.29, 1.82) is 0 Å². The standard InChI is InChI=1S/C39H24N2S3/c1-2-8-24-18-37-30(17-23(24)7-1)32-21-40-22-33(39(32)44-37)41(25-14-16-36-31(19-25)28-10-4-6-12-35(28)42-36)26-13-15-29-27-9-3-5-11-34(27)43-38(29)20-26/h1-20,22,40H,21H2. The number of nitrogens with zero attached hydrogens (tertiary/aromatic N) is 1. The molecule has 44 heavy (non-hydrogen) atoms. The Labute approximate surface area is 265 Å². The lowest BCUT2D eigenvalue weighted by Gasteiger charge is -2.30. The van der Waals surface area contributed by atoms with Gasteiger partial charge in [0.25, 0.3) is 0 Å². The van der Waals surface area contributed by atoms with Crippen molar-refractivity contribution in [3.8, 4) is 0 Å². The Bertz CT molecular complexity index is 2630. The molecule has 1 aliphatic heterocycles. The van der Waals surface area contributed by atoms with Gasteiger partial charge in [0.2, 0.25) is 0 Å². The van der Waals surface area contributed by atoms with Gasteiger partial charge in [0.1, 0.15) is 0 Å². The molecule has 0 unspecified atom stereocenters. The summed E-state index contributed by atoms with van der Waals surface area (Å²) in [6, 6.07) is 44.9. The molecule has 1 N–H and O–H groups in total. The van der Waals surface area contributed by atoms with E-state index in [-0.39, 0.29) is 0 Å². The molecule has 6 aromatic carbocycles. The van der Waals surface area contributed by atoms with Gasteiger partial charge in [-0.15, -0.1) is 34.0 Å². The maximum Gasteiger partial charge on any atom is 0.0795 e. The molecule has 4 heterocycles. The van der Waals surface area contributed by atoms with Crippen LogP contribution in [0.3, 0.4) is 0 Å². The molecule has 0 fully saturated rings. The summed E-state index contributed by atoms with van der Waals surface area (Å²) in [5.74, 6) is 0. The van der Waals surface area contributed by atoms with Crippen molar-refractivity contribution in [1.82, 2.24) is 5.32 Å². The van der Waals surface area contributed by atoms with Crippen molar-refractivity contribution in [2.24, 2.45) is 0 Å². The van der Waals surface area contributed by atoms with E-state index in [9.17, 15) is 0 Å². The molecule has 2 nitrogen and oxygen atoms in total. The first-order valence-corrected chi connectivity index (χ1v) is 17.2. The van der Waals surface area contributed by atoms with E-state index in [1.54, 1.807) is 0 Å². The van der Waals surface area contributed by atoms with Gasteiger partial charge in [-0.1, -0.05) is 66.7 Å². The number of benzene rings is 6. The summed E-state index contributed by atoms with van der Waals surface area (Å²) in [5.41, 5.74) is 4.91. The van der Waals surface area contributed by atoms with Crippen LogP contribution in [0.5, 0.6) is 0 Å². The summed E-state index contributed by atoms with van der Waals surface area (Å²) in [6.07, 6.45) is 2.22. The predicted octanol–water partition coefficient (Wildman–Crippen LogP) is 12.0. The Kier molecular flexibility index (Phi) is 5.29. The average molecular weight is 617 g/mol. The highest BCUT2D eigenvalue weighted by Crippen LogP contribution is 2.47. The first kappa shape index (κ1) is 24.7. The molecule has 0 radical (unpaired) electrons. The SMILES string of the molecule is C1=C(N(c2ccc3c(c2)sc2ccccc23)c2ccc3sc4ccccc4c3c2)c2sc3cc4ccccc4cc3c2CN1. The summed E-state index contributed by atoms with van der Waals surface area (Å²) in [6.45, 7) is 0.828. The van der Waals surface area contributed by atoms with Gasteiger partial charge < -0.3 is 10.2 Å². The molecule has 3 aromatic heterocycles. The van der Waals surface area contributed by atoms with E-state index in [4.69, 9.17) is 0 Å².